The number of rotatable bonds is 0. The van der Waals surface area contributed by atoms with Gasteiger partial charge < -0.3 is 10.2 Å². The molecule has 0 spiro atoms. The number of phenolic OH excluding ortho intramolecular Hbond substituents is 1. The molecule has 0 bridgehead atoms. The summed E-state index contributed by atoms with van der Waals surface area (Å²) in [5, 5.41) is 20.1. The van der Waals surface area contributed by atoms with Crippen molar-refractivity contribution in [2.75, 3.05) is 0 Å². The quantitative estimate of drug-likeness (QED) is 0.751. The van der Waals surface area contributed by atoms with Crippen molar-refractivity contribution in [1.29, 1.82) is 0 Å². The Kier molecular flexibility index (Phi) is 2.75. The van der Waals surface area contributed by atoms with Gasteiger partial charge in [0.2, 0.25) is 0 Å². The van der Waals surface area contributed by atoms with Gasteiger partial charge in [-0.05, 0) is 30.4 Å². The second-order valence-corrected chi connectivity index (χ2v) is 5.80. The van der Waals surface area contributed by atoms with Gasteiger partial charge in [0.1, 0.15) is 5.75 Å². The largest absolute Gasteiger partial charge is 0.507 e. The molecule has 2 N–H and O–H groups in total. The topological polar surface area (TPSA) is 57.5 Å². The number of fused-ring (bicyclic) bond motifs is 1. The van der Waals surface area contributed by atoms with E-state index < -0.39 is 6.10 Å². The van der Waals surface area contributed by atoms with Crippen LogP contribution in [-0.4, -0.2) is 22.1 Å². The fraction of sp³-hybridized carbons (Fsp3) is 0.438. The maximum absolute atomic E-state index is 12.6. The van der Waals surface area contributed by atoms with E-state index in [9.17, 15) is 15.0 Å². The van der Waals surface area contributed by atoms with E-state index >= 15 is 0 Å². The summed E-state index contributed by atoms with van der Waals surface area (Å²) in [4.78, 5) is 12.6. The van der Waals surface area contributed by atoms with Crippen LogP contribution in [0, 0.1) is 11.8 Å². The number of hydrogen-bond acceptors (Lipinski definition) is 3. The predicted molar refractivity (Wildman–Crippen MR) is 72.1 cm³/mol. The molecule has 0 fully saturated rings. The first kappa shape index (κ1) is 12.4. The Hall–Kier alpha value is -1.61. The van der Waals surface area contributed by atoms with Gasteiger partial charge in [0.05, 0.1) is 11.7 Å². The van der Waals surface area contributed by atoms with Crippen molar-refractivity contribution in [1.82, 2.24) is 0 Å². The lowest BCUT2D eigenvalue weighted by atomic mass is 9.69. The molecule has 3 unspecified atom stereocenters. The molecule has 1 aromatic rings. The first-order chi connectivity index (χ1) is 9.00. The molecule has 100 valence electrons. The highest BCUT2D eigenvalue weighted by molar-refractivity contribution is 6.13. The SMILES string of the molecule is CC1CC2=C(C(=O)c3c(O)cccc3C2)C(C)C1O. The Morgan fingerprint density at radius 1 is 1.26 bits per heavy atom. The molecule has 0 aliphatic heterocycles. The molecule has 0 saturated carbocycles. The third-order valence-corrected chi connectivity index (χ3v) is 4.50. The number of phenols is 1. The summed E-state index contributed by atoms with van der Waals surface area (Å²) in [6.45, 7) is 3.92. The molecule has 2 aliphatic carbocycles. The lowest BCUT2D eigenvalue weighted by Gasteiger charge is -2.37. The lowest BCUT2D eigenvalue weighted by molar-refractivity contribution is 0.0633. The summed E-state index contributed by atoms with van der Waals surface area (Å²) in [7, 11) is 0. The van der Waals surface area contributed by atoms with Crippen LogP contribution in [-0.2, 0) is 6.42 Å². The fourth-order valence-electron chi connectivity index (χ4n) is 3.50. The van der Waals surface area contributed by atoms with Crippen molar-refractivity contribution in [3.05, 3.63) is 40.5 Å². The lowest BCUT2D eigenvalue weighted by Crippen LogP contribution is -2.37. The Balaban J connectivity index is 2.13. The van der Waals surface area contributed by atoms with Crippen molar-refractivity contribution in [3.63, 3.8) is 0 Å². The minimum absolute atomic E-state index is 0.0503. The Morgan fingerprint density at radius 2 is 2.00 bits per heavy atom. The molecule has 0 radical (unpaired) electrons. The fourth-order valence-corrected chi connectivity index (χ4v) is 3.50. The molecule has 0 heterocycles. The minimum atomic E-state index is -0.477. The molecule has 3 rings (SSSR count). The monoisotopic (exact) mass is 258 g/mol. The van der Waals surface area contributed by atoms with E-state index in [2.05, 4.69) is 0 Å². The van der Waals surface area contributed by atoms with Crippen molar-refractivity contribution >= 4 is 5.78 Å². The number of carbonyl (C=O) groups is 1. The molecule has 0 amide bonds. The number of aliphatic hydroxyl groups is 1. The van der Waals surface area contributed by atoms with Gasteiger partial charge in [-0.15, -0.1) is 0 Å². The van der Waals surface area contributed by atoms with E-state index in [-0.39, 0.29) is 23.4 Å². The van der Waals surface area contributed by atoms with Crippen molar-refractivity contribution in [2.45, 2.75) is 32.8 Å². The van der Waals surface area contributed by atoms with Crippen LogP contribution < -0.4 is 0 Å². The van der Waals surface area contributed by atoms with Crippen LogP contribution in [0.3, 0.4) is 0 Å². The average Bonchev–Trinajstić information content (AvgIpc) is 2.35. The third-order valence-electron chi connectivity index (χ3n) is 4.50. The number of carbonyl (C=O) groups excluding carboxylic acids is 1. The average molecular weight is 258 g/mol. The van der Waals surface area contributed by atoms with Gasteiger partial charge in [0, 0.05) is 11.5 Å². The van der Waals surface area contributed by atoms with Gasteiger partial charge in [-0.2, -0.15) is 0 Å². The second kappa shape index (κ2) is 4.20. The van der Waals surface area contributed by atoms with E-state index in [0.717, 1.165) is 23.1 Å². The van der Waals surface area contributed by atoms with E-state index in [1.54, 1.807) is 12.1 Å². The maximum Gasteiger partial charge on any atom is 0.193 e. The summed E-state index contributed by atoms with van der Waals surface area (Å²) in [5.41, 5.74) is 3.18. The molecule has 3 nitrogen and oxygen atoms in total. The summed E-state index contributed by atoms with van der Waals surface area (Å²) < 4.78 is 0. The highest BCUT2D eigenvalue weighted by Crippen LogP contribution is 2.42. The number of Topliss-reactive ketones (excluding diaryl/α,β-unsaturated/α-hetero) is 1. The molecular weight excluding hydrogens is 240 g/mol. The predicted octanol–water partition coefficient (Wildman–Crippen LogP) is 2.46. The molecule has 0 saturated heterocycles. The van der Waals surface area contributed by atoms with Crippen molar-refractivity contribution in [3.8, 4) is 5.75 Å². The number of benzene rings is 1. The van der Waals surface area contributed by atoms with Gasteiger partial charge in [-0.1, -0.05) is 31.6 Å². The van der Waals surface area contributed by atoms with Crippen LogP contribution in [0.2, 0.25) is 0 Å². The normalized spacial score (nSPS) is 30.1. The van der Waals surface area contributed by atoms with Gasteiger partial charge in [-0.3, -0.25) is 4.79 Å². The van der Waals surface area contributed by atoms with Crippen LogP contribution in [0.25, 0.3) is 0 Å². The standard InChI is InChI=1S/C16H18O3/c1-8-6-11-7-10-4-3-5-12(17)14(10)16(19)13(11)9(2)15(8)18/h3-5,8-9,15,17-18H,6-7H2,1-2H3. The first-order valence-electron chi connectivity index (χ1n) is 6.76. The molecule has 19 heavy (non-hydrogen) atoms. The van der Waals surface area contributed by atoms with Gasteiger partial charge in [0.25, 0.3) is 0 Å². The van der Waals surface area contributed by atoms with Gasteiger partial charge in [-0.25, -0.2) is 0 Å². The third kappa shape index (κ3) is 1.72. The number of aliphatic hydroxyl groups excluding tert-OH is 1. The molecule has 1 aromatic carbocycles. The van der Waals surface area contributed by atoms with E-state index in [0.29, 0.717) is 12.0 Å². The molecule has 3 atom stereocenters. The Bertz CT molecular complexity index is 586. The summed E-state index contributed by atoms with van der Waals surface area (Å²) in [5.74, 6) is -0.0263. The highest BCUT2D eigenvalue weighted by atomic mass is 16.3. The number of aromatic hydroxyl groups is 1. The highest BCUT2D eigenvalue weighted by Gasteiger charge is 2.39. The number of allylic oxidation sites excluding steroid dienone is 1. The van der Waals surface area contributed by atoms with Crippen LogP contribution in [0.5, 0.6) is 5.75 Å². The summed E-state index contributed by atoms with van der Waals surface area (Å²) >= 11 is 0. The molecular formula is C16H18O3. The number of ketones is 1. The molecule has 0 aromatic heterocycles. The van der Waals surface area contributed by atoms with Crippen LogP contribution >= 0.6 is 0 Å². The zero-order chi connectivity index (χ0) is 13.7. The number of hydrogen-bond donors (Lipinski definition) is 2. The van der Waals surface area contributed by atoms with Crippen molar-refractivity contribution in [2.24, 2.45) is 11.8 Å². The first-order valence-corrected chi connectivity index (χ1v) is 6.76. The maximum atomic E-state index is 12.6. The zero-order valence-corrected chi connectivity index (χ0v) is 11.2. The van der Waals surface area contributed by atoms with Gasteiger partial charge >= 0.3 is 0 Å². The molecule has 2 aliphatic rings. The molecule has 3 heteroatoms. The van der Waals surface area contributed by atoms with Crippen LogP contribution in [0.1, 0.15) is 36.2 Å². The van der Waals surface area contributed by atoms with Crippen molar-refractivity contribution < 1.29 is 15.0 Å². The van der Waals surface area contributed by atoms with E-state index in [1.807, 2.05) is 19.9 Å². The second-order valence-electron chi connectivity index (χ2n) is 5.80. The van der Waals surface area contributed by atoms with E-state index in [1.165, 1.54) is 0 Å². The van der Waals surface area contributed by atoms with E-state index in [4.69, 9.17) is 0 Å². The van der Waals surface area contributed by atoms with Crippen LogP contribution in [0.4, 0.5) is 0 Å². The van der Waals surface area contributed by atoms with Crippen LogP contribution in [0.15, 0.2) is 29.3 Å². The minimum Gasteiger partial charge on any atom is -0.507 e. The Morgan fingerprint density at radius 3 is 2.74 bits per heavy atom. The Labute approximate surface area is 112 Å². The zero-order valence-electron chi connectivity index (χ0n) is 11.2. The smallest absolute Gasteiger partial charge is 0.193 e. The summed E-state index contributed by atoms with van der Waals surface area (Å²) in [6, 6.07) is 5.23. The summed E-state index contributed by atoms with van der Waals surface area (Å²) in [6.07, 6.45) is 1.00. The van der Waals surface area contributed by atoms with Gasteiger partial charge in [0.15, 0.2) is 5.78 Å².